The number of hydrogen-bond acceptors (Lipinski definition) is 4. The number of rotatable bonds is 3. The molecule has 3 aliphatic heterocycles. The molecule has 4 heteroatoms. The van der Waals surface area contributed by atoms with Crippen LogP contribution in [0.4, 0.5) is 0 Å². The summed E-state index contributed by atoms with van der Waals surface area (Å²) in [5.74, 6) is 0. The van der Waals surface area contributed by atoms with Crippen molar-refractivity contribution in [1.29, 1.82) is 0 Å². The Labute approximate surface area is 129 Å². The largest absolute Gasteiger partial charge is 0.366 e. The van der Waals surface area contributed by atoms with Gasteiger partial charge in [-0.2, -0.15) is 0 Å². The van der Waals surface area contributed by atoms with Gasteiger partial charge < -0.3 is 15.2 Å². The normalized spacial score (nSPS) is 42.0. The summed E-state index contributed by atoms with van der Waals surface area (Å²) in [6, 6.07) is 21.8. The first kappa shape index (κ1) is 12.8. The third-order valence-corrected chi connectivity index (χ3v) is 4.99. The van der Waals surface area contributed by atoms with Crippen LogP contribution in [0.2, 0.25) is 0 Å². The molecule has 0 spiro atoms. The monoisotopic (exact) mass is 294 g/mol. The van der Waals surface area contributed by atoms with Crippen molar-refractivity contribution in [3.63, 3.8) is 0 Å². The summed E-state index contributed by atoms with van der Waals surface area (Å²) >= 11 is 0. The molecule has 0 aromatic heterocycles. The van der Waals surface area contributed by atoms with Crippen LogP contribution >= 0.6 is 0 Å². The molecule has 7 atom stereocenters. The molecule has 0 amide bonds. The molecule has 0 aliphatic carbocycles. The quantitative estimate of drug-likeness (QED) is 0.848. The van der Waals surface area contributed by atoms with Gasteiger partial charge in [-0.05, 0) is 11.1 Å². The lowest BCUT2D eigenvalue weighted by molar-refractivity contribution is -0.118. The summed E-state index contributed by atoms with van der Waals surface area (Å²) in [7, 11) is 0. The first-order chi connectivity index (χ1) is 10.8. The van der Waals surface area contributed by atoms with Gasteiger partial charge >= 0.3 is 0 Å². The number of aliphatic hydroxyl groups is 1. The molecular formula is C18H18N2O2. The summed E-state index contributed by atoms with van der Waals surface area (Å²) in [6.45, 7) is 0. The molecule has 3 saturated heterocycles. The van der Waals surface area contributed by atoms with Crippen molar-refractivity contribution >= 4 is 0 Å². The molecule has 3 heterocycles. The highest BCUT2D eigenvalue weighted by Crippen LogP contribution is 2.55. The molecule has 5 rings (SSSR count). The Kier molecular flexibility index (Phi) is 2.69. The first-order valence-corrected chi connectivity index (χ1v) is 7.81. The SMILES string of the molecule is O[C@@H]1OC([C@H]2NC2c2ccccc2)N2C(c3ccccc3)C12. The molecule has 3 fully saturated rings. The van der Waals surface area contributed by atoms with Crippen molar-refractivity contribution in [2.45, 2.75) is 36.7 Å². The summed E-state index contributed by atoms with van der Waals surface area (Å²) in [5, 5.41) is 13.7. The molecule has 0 radical (unpaired) electrons. The van der Waals surface area contributed by atoms with Crippen LogP contribution in [-0.2, 0) is 4.74 Å². The molecule has 112 valence electrons. The second-order valence-corrected chi connectivity index (χ2v) is 6.29. The Hall–Kier alpha value is -1.72. The van der Waals surface area contributed by atoms with Crippen LogP contribution in [0.25, 0.3) is 0 Å². The predicted molar refractivity (Wildman–Crippen MR) is 81.8 cm³/mol. The summed E-state index contributed by atoms with van der Waals surface area (Å²) in [5.41, 5.74) is 2.55. The number of hydrogen-bond donors (Lipinski definition) is 2. The van der Waals surface area contributed by atoms with Gasteiger partial charge in [0.1, 0.15) is 6.23 Å². The van der Waals surface area contributed by atoms with Crippen molar-refractivity contribution in [2.24, 2.45) is 0 Å². The Bertz CT molecular complexity index is 678. The minimum absolute atomic E-state index is 0.0459. The molecule has 5 unspecified atom stereocenters. The van der Waals surface area contributed by atoms with Gasteiger partial charge in [0.2, 0.25) is 0 Å². The van der Waals surface area contributed by atoms with E-state index in [4.69, 9.17) is 4.74 Å². The van der Waals surface area contributed by atoms with E-state index in [0.717, 1.165) is 0 Å². The van der Waals surface area contributed by atoms with Crippen LogP contribution in [0, 0.1) is 0 Å². The second-order valence-electron chi connectivity index (χ2n) is 6.29. The summed E-state index contributed by atoms with van der Waals surface area (Å²) in [6.07, 6.45) is -0.732. The highest BCUT2D eigenvalue weighted by Gasteiger charge is 2.66. The molecule has 2 N–H and O–H groups in total. The van der Waals surface area contributed by atoms with Crippen LogP contribution in [0.3, 0.4) is 0 Å². The van der Waals surface area contributed by atoms with Crippen LogP contribution in [0.1, 0.15) is 23.2 Å². The lowest BCUT2D eigenvalue weighted by Crippen LogP contribution is -2.29. The zero-order chi connectivity index (χ0) is 14.7. The van der Waals surface area contributed by atoms with E-state index < -0.39 is 6.29 Å². The van der Waals surface area contributed by atoms with E-state index in [2.05, 4.69) is 58.7 Å². The maximum Gasteiger partial charge on any atom is 0.174 e. The maximum absolute atomic E-state index is 10.2. The zero-order valence-corrected chi connectivity index (χ0v) is 12.0. The maximum atomic E-state index is 10.2. The highest BCUT2D eigenvalue weighted by atomic mass is 16.6. The van der Waals surface area contributed by atoms with E-state index in [9.17, 15) is 5.11 Å². The Morgan fingerprint density at radius 3 is 2.23 bits per heavy atom. The van der Waals surface area contributed by atoms with Crippen LogP contribution in [0.5, 0.6) is 0 Å². The number of benzene rings is 2. The fourth-order valence-corrected chi connectivity index (χ4v) is 3.84. The van der Waals surface area contributed by atoms with Crippen molar-refractivity contribution in [3.05, 3.63) is 71.8 Å². The molecule has 0 saturated carbocycles. The van der Waals surface area contributed by atoms with Crippen molar-refractivity contribution < 1.29 is 9.84 Å². The lowest BCUT2D eigenvalue weighted by atomic mass is 10.1. The van der Waals surface area contributed by atoms with Gasteiger partial charge in [0.15, 0.2) is 6.29 Å². The third-order valence-electron chi connectivity index (χ3n) is 4.99. The van der Waals surface area contributed by atoms with Crippen LogP contribution < -0.4 is 5.32 Å². The summed E-state index contributed by atoms with van der Waals surface area (Å²) in [4.78, 5) is 2.29. The fraction of sp³-hybridized carbons (Fsp3) is 0.333. The van der Waals surface area contributed by atoms with E-state index in [0.29, 0.717) is 6.04 Å². The van der Waals surface area contributed by atoms with E-state index in [-0.39, 0.29) is 24.4 Å². The number of aliphatic hydroxyl groups excluding tert-OH is 1. The van der Waals surface area contributed by atoms with Crippen LogP contribution in [0.15, 0.2) is 60.7 Å². The summed E-state index contributed by atoms with van der Waals surface area (Å²) < 4.78 is 5.77. The molecule has 2 aromatic carbocycles. The molecule has 0 bridgehead atoms. The first-order valence-electron chi connectivity index (χ1n) is 7.81. The predicted octanol–water partition coefficient (Wildman–Crippen LogP) is 1.80. The topological polar surface area (TPSA) is 54.4 Å². The van der Waals surface area contributed by atoms with Gasteiger partial charge in [0.25, 0.3) is 0 Å². The molecule has 4 nitrogen and oxygen atoms in total. The Balaban J connectivity index is 1.35. The van der Waals surface area contributed by atoms with Gasteiger partial charge in [-0.15, -0.1) is 0 Å². The molecule has 3 aliphatic rings. The number of nitrogens with one attached hydrogen (secondary N) is 1. The van der Waals surface area contributed by atoms with E-state index in [1.165, 1.54) is 11.1 Å². The lowest BCUT2D eigenvalue weighted by Gasteiger charge is -2.17. The minimum atomic E-state index is -0.686. The van der Waals surface area contributed by atoms with E-state index >= 15 is 0 Å². The number of ether oxygens (including phenoxy) is 1. The van der Waals surface area contributed by atoms with Crippen molar-refractivity contribution in [1.82, 2.24) is 10.2 Å². The Morgan fingerprint density at radius 1 is 0.909 bits per heavy atom. The van der Waals surface area contributed by atoms with Gasteiger partial charge in [-0.25, -0.2) is 0 Å². The van der Waals surface area contributed by atoms with E-state index in [1.807, 2.05) is 12.1 Å². The van der Waals surface area contributed by atoms with Gasteiger partial charge in [0, 0.05) is 0 Å². The van der Waals surface area contributed by atoms with Gasteiger partial charge in [-0.3, -0.25) is 4.90 Å². The highest BCUT2D eigenvalue weighted by molar-refractivity contribution is 5.33. The van der Waals surface area contributed by atoms with Crippen LogP contribution in [-0.4, -0.2) is 34.6 Å². The van der Waals surface area contributed by atoms with E-state index in [1.54, 1.807) is 0 Å². The number of nitrogens with zero attached hydrogens (tertiary/aromatic N) is 1. The molecule has 2 aromatic rings. The second kappa shape index (κ2) is 4.64. The zero-order valence-electron chi connectivity index (χ0n) is 12.0. The van der Waals surface area contributed by atoms with Gasteiger partial charge in [-0.1, -0.05) is 60.7 Å². The smallest absolute Gasteiger partial charge is 0.174 e. The number of fused-ring (bicyclic) bond motifs is 1. The Morgan fingerprint density at radius 2 is 1.55 bits per heavy atom. The minimum Gasteiger partial charge on any atom is -0.366 e. The average molecular weight is 294 g/mol. The van der Waals surface area contributed by atoms with Crippen molar-refractivity contribution in [3.8, 4) is 0 Å². The standard InChI is InChI=1S/C18H18N2O2/c21-18-16-15(12-9-5-2-6-10-12)20(16)17(22-18)14-13(19-14)11-7-3-1-4-8-11/h1-10,13-19,21H/t13?,14-,15?,16?,17?,18+,20?/m0/s1. The molecule has 22 heavy (non-hydrogen) atoms. The average Bonchev–Trinajstić information content (AvgIpc) is 3.47. The third kappa shape index (κ3) is 1.85. The fourth-order valence-electron chi connectivity index (χ4n) is 3.84. The molecular weight excluding hydrogens is 276 g/mol. The van der Waals surface area contributed by atoms with Crippen molar-refractivity contribution in [2.75, 3.05) is 0 Å². The van der Waals surface area contributed by atoms with Gasteiger partial charge in [0.05, 0.1) is 24.2 Å².